The number of rotatable bonds is 1. The first-order valence-corrected chi connectivity index (χ1v) is 7.19. The maximum atomic E-state index is 5.66. The molecule has 110 valence electrons. The molecule has 3 heterocycles. The van der Waals surface area contributed by atoms with Gasteiger partial charge in [-0.25, -0.2) is 4.68 Å². The van der Waals surface area contributed by atoms with Gasteiger partial charge in [0, 0.05) is 18.0 Å². The molecule has 20 heavy (non-hydrogen) atoms. The smallest absolute Gasteiger partial charge is 0.150 e. The van der Waals surface area contributed by atoms with E-state index >= 15 is 0 Å². The van der Waals surface area contributed by atoms with Gasteiger partial charge in [-0.2, -0.15) is 10.2 Å². The van der Waals surface area contributed by atoms with Crippen molar-refractivity contribution in [1.29, 1.82) is 0 Å². The topological polar surface area (TPSA) is 55.7 Å². The van der Waals surface area contributed by atoms with E-state index in [1.165, 1.54) is 18.5 Å². The predicted octanol–water partition coefficient (Wildman–Crippen LogP) is 3.23. The predicted molar refractivity (Wildman–Crippen MR) is 78.6 cm³/mol. The van der Waals surface area contributed by atoms with Gasteiger partial charge in [0.15, 0.2) is 0 Å². The van der Waals surface area contributed by atoms with Crippen molar-refractivity contribution in [2.75, 3.05) is 6.61 Å². The summed E-state index contributed by atoms with van der Waals surface area (Å²) in [6, 6.07) is 4.10. The van der Waals surface area contributed by atoms with Crippen LogP contribution in [0, 0.1) is 27.7 Å². The van der Waals surface area contributed by atoms with Crippen LogP contribution in [0.2, 0.25) is 0 Å². The van der Waals surface area contributed by atoms with Crippen molar-refractivity contribution in [2.24, 2.45) is 0 Å². The van der Waals surface area contributed by atoms with E-state index in [1.807, 2.05) is 31.5 Å². The number of ether oxygens (including phenoxy) is 1. The Morgan fingerprint density at radius 1 is 1.15 bits per heavy atom. The lowest BCUT2D eigenvalue weighted by atomic mass is 10.2. The number of nitrogens with one attached hydrogen (secondary N) is 1. The molecule has 1 aliphatic heterocycles. The standard InChI is InChI=1S/C10H16N2O.C5H8N2/c1-8-7-9(2)12(11-8)10-5-3-4-6-13-10;1-4-3-5(2)7-6-4/h7,10H,3-6H2,1-2H3;3H,1-2H3,(H,6,7). The fraction of sp³-hybridized carbons (Fsp3) is 0.600. The van der Waals surface area contributed by atoms with Gasteiger partial charge in [-0.3, -0.25) is 5.10 Å². The van der Waals surface area contributed by atoms with E-state index in [9.17, 15) is 0 Å². The van der Waals surface area contributed by atoms with Crippen molar-refractivity contribution >= 4 is 0 Å². The summed E-state index contributed by atoms with van der Waals surface area (Å²) in [5.41, 5.74) is 4.45. The van der Waals surface area contributed by atoms with Crippen LogP contribution in [0.1, 0.15) is 48.3 Å². The third-order valence-electron chi connectivity index (χ3n) is 3.31. The molecule has 0 amide bonds. The first-order chi connectivity index (χ1) is 9.56. The fourth-order valence-corrected chi connectivity index (χ4v) is 2.41. The molecule has 1 N–H and O–H groups in total. The highest BCUT2D eigenvalue weighted by molar-refractivity contribution is 5.07. The minimum Gasteiger partial charge on any atom is -0.357 e. The number of aromatic amines is 1. The molecule has 1 unspecified atom stereocenters. The van der Waals surface area contributed by atoms with Crippen LogP contribution in [-0.2, 0) is 4.74 Å². The van der Waals surface area contributed by atoms with Crippen LogP contribution in [0.4, 0.5) is 0 Å². The SMILES string of the molecule is Cc1cc(C)[nH]n1.Cc1cc(C)n(C2CCCCO2)n1. The molecule has 5 heteroatoms. The number of aryl methyl sites for hydroxylation is 4. The molecule has 0 bridgehead atoms. The molecule has 2 aromatic rings. The second kappa shape index (κ2) is 6.70. The molecule has 0 spiro atoms. The van der Waals surface area contributed by atoms with Crippen LogP contribution in [-0.4, -0.2) is 26.6 Å². The van der Waals surface area contributed by atoms with Gasteiger partial charge in [-0.15, -0.1) is 0 Å². The summed E-state index contributed by atoms with van der Waals surface area (Å²) < 4.78 is 7.67. The summed E-state index contributed by atoms with van der Waals surface area (Å²) >= 11 is 0. The van der Waals surface area contributed by atoms with E-state index in [2.05, 4.69) is 28.3 Å². The Labute approximate surface area is 120 Å². The highest BCUT2D eigenvalue weighted by Gasteiger charge is 2.17. The summed E-state index contributed by atoms with van der Waals surface area (Å²) in [6.07, 6.45) is 3.73. The van der Waals surface area contributed by atoms with Crippen molar-refractivity contribution < 1.29 is 4.74 Å². The van der Waals surface area contributed by atoms with E-state index in [1.54, 1.807) is 0 Å². The van der Waals surface area contributed by atoms with E-state index in [0.29, 0.717) is 0 Å². The van der Waals surface area contributed by atoms with Crippen LogP contribution < -0.4 is 0 Å². The summed E-state index contributed by atoms with van der Waals surface area (Å²) in [6.45, 7) is 8.93. The van der Waals surface area contributed by atoms with E-state index in [-0.39, 0.29) is 6.23 Å². The lowest BCUT2D eigenvalue weighted by Gasteiger charge is -2.23. The number of nitrogens with zero attached hydrogens (tertiary/aromatic N) is 3. The monoisotopic (exact) mass is 276 g/mol. The quantitative estimate of drug-likeness (QED) is 0.870. The fourth-order valence-electron chi connectivity index (χ4n) is 2.41. The van der Waals surface area contributed by atoms with Gasteiger partial charge in [-0.05, 0) is 59.1 Å². The Morgan fingerprint density at radius 3 is 2.35 bits per heavy atom. The average Bonchev–Trinajstić information content (AvgIpc) is 2.96. The summed E-state index contributed by atoms with van der Waals surface area (Å²) in [4.78, 5) is 0. The molecule has 2 aromatic heterocycles. The molecule has 5 nitrogen and oxygen atoms in total. The van der Waals surface area contributed by atoms with Crippen LogP contribution in [0.3, 0.4) is 0 Å². The number of hydrogen-bond acceptors (Lipinski definition) is 3. The van der Waals surface area contributed by atoms with Gasteiger partial charge < -0.3 is 4.74 Å². The summed E-state index contributed by atoms with van der Waals surface area (Å²) in [7, 11) is 0. The van der Waals surface area contributed by atoms with Crippen molar-refractivity contribution in [2.45, 2.75) is 53.2 Å². The van der Waals surface area contributed by atoms with Gasteiger partial charge in [-0.1, -0.05) is 0 Å². The van der Waals surface area contributed by atoms with Crippen molar-refractivity contribution in [3.05, 3.63) is 34.9 Å². The summed E-state index contributed by atoms with van der Waals surface area (Å²) in [5.74, 6) is 0. The van der Waals surface area contributed by atoms with Crippen LogP contribution in [0.5, 0.6) is 0 Å². The molecule has 0 aliphatic carbocycles. The lowest BCUT2D eigenvalue weighted by Crippen LogP contribution is -2.20. The average molecular weight is 276 g/mol. The van der Waals surface area contributed by atoms with E-state index in [0.717, 1.165) is 30.1 Å². The van der Waals surface area contributed by atoms with E-state index < -0.39 is 0 Å². The molecular weight excluding hydrogens is 252 g/mol. The minimum atomic E-state index is 0.183. The first kappa shape index (κ1) is 14.8. The largest absolute Gasteiger partial charge is 0.357 e. The van der Waals surface area contributed by atoms with Crippen LogP contribution in [0.25, 0.3) is 0 Å². The highest BCUT2D eigenvalue weighted by Crippen LogP contribution is 2.23. The Kier molecular flexibility index (Phi) is 4.95. The van der Waals surface area contributed by atoms with Gasteiger partial charge in [0.05, 0.1) is 11.4 Å². The molecule has 1 atom stereocenters. The molecule has 0 aromatic carbocycles. The van der Waals surface area contributed by atoms with Crippen LogP contribution >= 0.6 is 0 Å². The summed E-state index contributed by atoms with van der Waals surface area (Å²) in [5, 5.41) is 11.1. The second-order valence-electron chi connectivity index (χ2n) is 5.39. The number of hydrogen-bond donors (Lipinski definition) is 1. The zero-order chi connectivity index (χ0) is 14.5. The van der Waals surface area contributed by atoms with Gasteiger partial charge in [0.2, 0.25) is 0 Å². The maximum Gasteiger partial charge on any atom is 0.150 e. The molecule has 1 fully saturated rings. The number of H-pyrrole nitrogens is 1. The van der Waals surface area contributed by atoms with Gasteiger partial charge in [0.1, 0.15) is 6.23 Å². The van der Waals surface area contributed by atoms with Crippen molar-refractivity contribution in [3.8, 4) is 0 Å². The van der Waals surface area contributed by atoms with Crippen LogP contribution in [0.15, 0.2) is 12.1 Å². The van der Waals surface area contributed by atoms with Crippen molar-refractivity contribution in [3.63, 3.8) is 0 Å². The molecular formula is C15H24N4O. The zero-order valence-electron chi connectivity index (χ0n) is 12.8. The first-order valence-electron chi connectivity index (χ1n) is 7.19. The normalized spacial score (nSPS) is 18.5. The molecule has 1 saturated heterocycles. The van der Waals surface area contributed by atoms with Gasteiger partial charge >= 0.3 is 0 Å². The highest BCUT2D eigenvalue weighted by atomic mass is 16.5. The van der Waals surface area contributed by atoms with E-state index in [4.69, 9.17) is 4.74 Å². The van der Waals surface area contributed by atoms with Crippen molar-refractivity contribution in [1.82, 2.24) is 20.0 Å². The Morgan fingerprint density at radius 2 is 1.95 bits per heavy atom. The minimum absolute atomic E-state index is 0.183. The Bertz CT molecular complexity index is 521. The second-order valence-corrected chi connectivity index (χ2v) is 5.39. The maximum absolute atomic E-state index is 5.66. The molecule has 0 radical (unpaired) electrons. The van der Waals surface area contributed by atoms with Gasteiger partial charge in [0.25, 0.3) is 0 Å². The Balaban J connectivity index is 0.000000178. The zero-order valence-corrected chi connectivity index (χ0v) is 12.8. The third kappa shape index (κ3) is 3.93. The third-order valence-corrected chi connectivity index (χ3v) is 3.31. The molecule has 1 aliphatic rings. The lowest BCUT2D eigenvalue weighted by molar-refractivity contribution is -0.0407. The number of aromatic nitrogens is 4. The Hall–Kier alpha value is -1.62. The molecule has 3 rings (SSSR count). The molecule has 0 saturated carbocycles.